The lowest BCUT2D eigenvalue weighted by Gasteiger charge is -2.37. The summed E-state index contributed by atoms with van der Waals surface area (Å²) in [4.78, 5) is 24.9. The predicted octanol–water partition coefficient (Wildman–Crippen LogP) is 5.82. The zero-order chi connectivity index (χ0) is 25.9. The van der Waals surface area contributed by atoms with E-state index in [1.165, 1.54) is 5.56 Å². The van der Waals surface area contributed by atoms with Crippen molar-refractivity contribution in [3.8, 4) is 11.1 Å². The van der Waals surface area contributed by atoms with E-state index in [9.17, 15) is 4.79 Å². The summed E-state index contributed by atoms with van der Waals surface area (Å²) < 4.78 is 17.5. The molecular weight excluding hydrogens is 477 g/mol. The number of fused-ring (bicyclic) bond motifs is 9. The van der Waals surface area contributed by atoms with Crippen LogP contribution >= 0.6 is 0 Å². The number of carbonyl (C=O) groups excluding carboxylic acids is 1. The van der Waals surface area contributed by atoms with Crippen LogP contribution in [-0.2, 0) is 5.54 Å². The smallest absolute Gasteiger partial charge is 0.254 e. The molecule has 192 valence electrons. The molecule has 38 heavy (non-hydrogen) atoms. The Bertz CT molecular complexity index is 1670. The van der Waals surface area contributed by atoms with E-state index in [-0.39, 0.29) is 23.8 Å². The fraction of sp³-hybridized carbons (Fsp3) is 0.387. The zero-order valence-corrected chi connectivity index (χ0v) is 21.6. The van der Waals surface area contributed by atoms with E-state index in [0.29, 0.717) is 17.5 Å². The van der Waals surface area contributed by atoms with Crippen LogP contribution in [0.2, 0.25) is 0 Å². The van der Waals surface area contributed by atoms with Gasteiger partial charge < -0.3 is 15.2 Å². The number of amides is 1. The van der Waals surface area contributed by atoms with E-state index < -0.39 is 5.54 Å². The molecule has 4 aliphatic rings. The van der Waals surface area contributed by atoms with Crippen LogP contribution in [0, 0.1) is 11.7 Å². The molecule has 0 spiro atoms. The first-order valence-electron chi connectivity index (χ1n) is 13.7. The number of hydrogen-bond donors (Lipinski definition) is 1. The summed E-state index contributed by atoms with van der Waals surface area (Å²) >= 11 is 0. The minimum absolute atomic E-state index is 0.0381. The first kappa shape index (κ1) is 22.4. The minimum Gasteiger partial charge on any atom is -0.331 e. The molecule has 7 heteroatoms. The summed E-state index contributed by atoms with van der Waals surface area (Å²) in [6, 6.07) is 13.8. The number of imidazole rings is 1. The van der Waals surface area contributed by atoms with Crippen molar-refractivity contribution in [1.29, 1.82) is 0 Å². The lowest BCUT2D eigenvalue weighted by Crippen LogP contribution is -2.44. The maximum absolute atomic E-state index is 15.2. The van der Waals surface area contributed by atoms with Crippen molar-refractivity contribution in [2.45, 2.75) is 62.6 Å². The van der Waals surface area contributed by atoms with E-state index in [0.717, 1.165) is 71.2 Å². The molecule has 0 unspecified atom stereocenters. The number of hydrogen-bond acceptors (Lipinski definition) is 4. The van der Waals surface area contributed by atoms with Crippen LogP contribution in [0.3, 0.4) is 0 Å². The first-order valence-corrected chi connectivity index (χ1v) is 13.7. The Labute approximate surface area is 220 Å². The number of carbonyl (C=O) groups is 1. The quantitative estimate of drug-likeness (QED) is 0.379. The number of rotatable bonds is 3. The molecule has 1 amide bonds. The number of benzene rings is 2. The Morgan fingerprint density at radius 3 is 2.61 bits per heavy atom. The predicted molar refractivity (Wildman–Crippen MR) is 143 cm³/mol. The molecule has 2 aromatic heterocycles. The van der Waals surface area contributed by atoms with E-state index in [4.69, 9.17) is 10.7 Å². The first-order chi connectivity index (χ1) is 18.3. The number of nitrogens with zero attached hydrogens (tertiary/aromatic N) is 4. The number of halogens is 1. The van der Waals surface area contributed by atoms with E-state index in [1.807, 2.05) is 36.2 Å². The summed E-state index contributed by atoms with van der Waals surface area (Å²) in [6.45, 7) is 2.28. The molecule has 2 aliphatic carbocycles. The van der Waals surface area contributed by atoms with E-state index >= 15 is 4.39 Å². The molecule has 6 nitrogen and oxygen atoms in total. The minimum atomic E-state index is -0.636. The van der Waals surface area contributed by atoms with E-state index in [1.54, 1.807) is 12.3 Å². The van der Waals surface area contributed by atoms with Crippen LogP contribution < -0.4 is 5.73 Å². The second-order valence-corrected chi connectivity index (χ2v) is 11.9. The van der Waals surface area contributed by atoms with Crippen LogP contribution in [0.4, 0.5) is 4.39 Å². The average Bonchev–Trinajstić information content (AvgIpc) is 3.38. The van der Waals surface area contributed by atoms with Gasteiger partial charge >= 0.3 is 0 Å². The molecule has 4 aromatic rings. The van der Waals surface area contributed by atoms with Gasteiger partial charge in [-0.3, -0.25) is 9.78 Å². The highest BCUT2D eigenvalue weighted by molar-refractivity contribution is 5.97. The van der Waals surface area contributed by atoms with Gasteiger partial charge in [-0.1, -0.05) is 25.1 Å². The van der Waals surface area contributed by atoms with Gasteiger partial charge in [0, 0.05) is 30.8 Å². The highest BCUT2D eigenvalue weighted by Gasteiger charge is 2.47. The van der Waals surface area contributed by atoms with Gasteiger partial charge in [-0.05, 0) is 78.5 Å². The summed E-state index contributed by atoms with van der Waals surface area (Å²) in [6.07, 6.45) is 6.27. The lowest BCUT2D eigenvalue weighted by atomic mass is 9.75. The van der Waals surface area contributed by atoms with Crippen molar-refractivity contribution in [2.75, 3.05) is 7.05 Å². The maximum Gasteiger partial charge on any atom is 0.254 e. The third-order valence-corrected chi connectivity index (χ3v) is 9.67. The summed E-state index contributed by atoms with van der Waals surface area (Å²) in [5, 5.41) is 0. The van der Waals surface area contributed by atoms with Gasteiger partial charge in [0.1, 0.15) is 11.6 Å². The number of pyridine rings is 1. The molecule has 2 bridgehead atoms. The Kier molecular flexibility index (Phi) is 4.42. The highest BCUT2D eigenvalue weighted by atomic mass is 19.1. The molecule has 2 saturated carbocycles. The van der Waals surface area contributed by atoms with Gasteiger partial charge in [0.25, 0.3) is 5.91 Å². The Morgan fingerprint density at radius 2 is 1.89 bits per heavy atom. The second kappa shape index (κ2) is 7.50. The van der Waals surface area contributed by atoms with Crippen molar-refractivity contribution in [3.63, 3.8) is 0 Å². The average molecular weight is 508 g/mol. The Morgan fingerprint density at radius 1 is 1.08 bits per heavy atom. The summed E-state index contributed by atoms with van der Waals surface area (Å²) in [5.41, 5.74) is 12.9. The third kappa shape index (κ3) is 2.94. The molecule has 2 aliphatic heterocycles. The molecule has 8 rings (SSSR count). The normalized spacial score (nSPS) is 26.6. The van der Waals surface area contributed by atoms with Gasteiger partial charge in [0.05, 0.1) is 34.3 Å². The zero-order valence-electron chi connectivity index (χ0n) is 21.6. The van der Waals surface area contributed by atoms with Crippen molar-refractivity contribution < 1.29 is 9.18 Å². The van der Waals surface area contributed by atoms with Gasteiger partial charge in [0.2, 0.25) is 0 Å². The molecule has 4 atom stereocenters. The standard InChI is InChI=1S/C31H30FN5O/c1-16-11-21(16)19-5-3-6-20-27(19)25-14-26(36(2)30(20)38)29-35-23-8-7-17(13-24(23)37(25)29)18-12-22(32)28(34-15-18)31(33)9-4-10-31/h3,5-8,12-13,15-16,21,25-26H,4,9-11,14,33H2,1-2H3/t16-,21-,25-,26-/m1/s1. The fourth-order valence-electron chi connectivity index (χ4n) is 7.16. The van der Waals surface area contributed by atoms with E-state index in [2.05, 4.69) is 28.6 Å². The Hall–Kier alpha value is -3.58. The molecule has 4 heterocycles. The molecule has 2 aromatic carbocycles. The molecular formula is C31H30FN5O. The summed E-state index contributed by atoms with van der Waals surface area (Å²) in [7, 11) is 1.90. The van der Waals surface area contributed by atoms with Gasteiger partial charge in [-0.25, -0.2) is 9.37 Å². The molecule has 0 saturated heterocycles. The van der Waals surface area contributed by atoms with Crippen molar-refractivity contribution in [3.05, 3.63) is 82.7 Å². The Balaban J connectivity index is 1.29. The fourth-order valence-corrected chi connectivity index (χ4v) is 7.16. The molecule has 2 N–H and O–H groups in total. The maximum atomic E-state index is 15.2. The highest BCUT2D eigenvalue weighted by Crippen LogP contribution is 2.54. The number of nitrogens with two attached hydrogens (primary N) is 1. The van der Waals surface area contributed by atoms with Gasteiger partial charge in [0.15, 0.2) is 0 Å². The molecule has 0 radical (unpaired) electrons. The topological polar surface area (TPSA) is 77.0 Å². The molecule has 2 fully saturated rings. The SMILES string of the molecule is C[C@@H]1C[C@H]1c1cccc2c1[C@H]1C[C@H](c3nc4ccc(-c5cnc(C6(N)CCC6)c(F)c5)cc4n31)N(C)C2=O. The largest absolute Gasteiger partial charge is 0.331 e. The van der Waals surface area contributed by atoms with Crippen molar-refractivity contribution in [1.82, 2.24) is 19.4 Å². The summed E-state index contributed by atoms with van der Waals surface area (Å²) in [5.74, 6) is 1.80. The second-order valence-electron chi connectivity index (χ2n) is 11.9. The van der Waals surface area contributed by atoms with Gasteiger partial charge in [-0.2, -0.15) is 0 Å². The monoisotopic (exact) mass is 507 g/mol. The van der Waals surface area contributed by atoms with Gasteiger partial charge in [-0.15, -0.1) is 0 Å². The van der Waals surface area contributed by atoms with Crippen LogP contribution in [0.5, 0.6) is 0 Å². The van der Waals surface area contributed by atoms with Crippen LogP contribution in [0.25, 0.3) is 22.2 Å². The van der Waals surface area contributed by atoms with Crippen LogP contribution in [-0.4, -0.2) is 32.4 Å². The lowest BCUT2D eigenvalue weighted by molar-refractivity contribution is 0.0734. The third-order valence-electron chi connectivity index (χ3n) is 9.67. The van der Waals surface area contributed by atoms with Crippen LogP contribution in [0.1, 0.15) is 90.0 Å². The number of aromatic nitrogens is 3. The van der Waals surface area contributed by atoms with Crippen LogP contribution in [0.15, 0.2) is 48.7 Å². The van der Waals surface area contributed by atoms with Crippen molar-refractivity contribution in [2.24, 2.45) is 11.7 Å². The van der Waals surface area contributed by atoms with Crippen molar-refractivity contribution >= 4 is 16.9 Å².